The Labute approximate surface area is 183 Å². The summed E-state index contributed by atoms with van der Waals surface area (Å²) < 4.78 is 1.57. The van der Waals surface area contributed by atoms with Gasteiger partial charge in [0, 0.05) is 29.2 Å². The van der Waals surface area contributed by atoms with Crippen molar-refractivity contribution in [3.8, 4) is 0 Å². The fraction of sp³-hybridized carbons (Fsp3) is 0.217. The molecule has 2 amide bonds. The molecule has 31 heavy (non-hydrogen) atoms. The second kappa shape index (κ2) is 7.96. The zero-order valence-corrected chi connectivity index (χ0v) is 17.9. The van der Waals surface area contributed by atoms with E-state index in [1.807, 2.05) is 48.2 Å². The molecule has 0 fully saturated rings. The summed E-state index contributed by atoms with van der Waals surface area (Å²) in [6.07, 6.45) is 0.889. The van der Waals surface area contributed by atoms with Gasteiger partial charge in [0.15, 0.2) is 0 Å². The number of carbonyl (C=O) groups excluding carboxylic acids is 2. The number of aromatic nitrogens is 3. The van der Waals surface area contributed by atoms with Crippen molar-refractivity contribution >= 4 is 39.9 Å². The molecule has 0 saturated heterocycles. The number of para-hydroxylation sites is 1. The first kappa shape index (κ1) is 19.4. The van der Waals surface area contributed by atoms with E-state index in [2.05, 4.69) is 27.1 Å². The fourth-order valence-electron chi connectivity index (χ4n) is 3.95. The minimum Gasteiger partial charge on any atom is -0.334 e. The number of hydrogen-bond acceptors (Lipinski definition) is 5. The Morgan fingerprint density at radius 3 is 2.90 bits per heavy atom. The quantitative estimate of drug-likeness (QED) is 0.535. The van der Waals surface area contributed by atoms with Gasteiger partial charge in [0.25, 0.3) is 5.91 Å². The SMILES string of the molecule is Cc1c(NC(=O)Cn2nnc3ccccc32)cccc1C(=O)N1CCc2sccc2C1. The van der Waals surface area contributed by atoms with Gasteiger partial charge in [-0.3, -0.25) is 9.59 Å². The summed E-state index contributed by atoms with van der Waals surface area (Å²) in [7, 11) is 0. The van der Waals surface area contributed by atoms with Crippen molar-refractivity contribution in [1.29, 1.82) is 0 Å². The molecule has 0 saturated carbocycles. The van der Waals surface area contributed by atoms with Crippen LogP contribution in [-0.4, -0.2) is 38.3 Å². The molecule has 0 spiro atoms. The van der Waals surface area contributed by atoms with Crippen LogP contribution in [-0.2, 0) is 24.3 Å². The van der Waals surface area contributed by atoms with Crippen LogP contribution in [0, 0.1) is 6.92 Å². The molecular weight excluding hydrogens is 410 g/mol. The van der Waals surface area contributed by atoms with Crippen LogP contribution in [0.5, 0.6) is 0 Å². The van der Waals surface area contributed by atoms with Gasteiger partial charge in [-0.05, 0) is 60.2 Å². The molecule has 156 valence electrons. The number of benzene rings is 2. The minimum absolute atomic E-state index is 0.00674. The molecule has 8 heteroatoms. The fourth-order valence-corrected chi connectivity index (χ4v) is 4.84. The van der Waals surface area contributed by atoms with Crippen molar-refractivity contribution < 1.29 is 9.59 Å². The highest BCUT2D eigenvalue weighted by Gasteiger charge is 2.24. The van der Waals surface area contributed by atoms with Crippen molar-refractivity contribution in [2.45, 2.75) is 26.4 Å². The number of nitrogens with one attached hydrogen (secondary N) is 1. The lowest BCUT2D eigenvalue weighted by Crippen LogP contribution is -2.35. The molecule has 0 aliphatic carbocycles. The standard InChI is InChI=1S/C23H21N5O2S/c1-15-17(23(30)27-11-9-21-16(13-27)10-12-31-21)5-4-7-18(15)24-22(29)14-28-20-8-3-2-6-19(20)25-26-28/h2-8,10,12H,9,11,13-14H2,1H3,(H,24,29). The van der Waals surface area contributed by atoms with Gasteiger partial charge < -0.3 is 10.2 Å². The smallest absolute Gasteiger partial charge is 0.254 e. The third kappa shape index (κ3) is 3.70. The highest BCUT2D eigenvalue weighted by Crippen LogP contribution is 2.27. The maximum absolute atomic E-state index is 13.2. The van der Waals surface area contributed by atoms with Gasteiger partial charge in [-0.25, -0.2) is 4.68 Å². The average Bonchev–Trinajstić information content (AvgIpc) is 3.41. The predicted octanol–water partition coefficient (Wildman–Crippen LogP) is 3.64. The second-order valence-corrected chi connectivity index (χ2v) is 8.61. The zero-order chi connectivity index (χ0) is 21.4. The summed E-state index contributed by atoms with van der Waals surface area (Å²) >= 11 is 1.75. The number of thiophene rings is 1. The number of nitrogens with zero attached hydrogens (tertiary/aromatic N) is 4. The molecule has 3 heterocycles. The van der Waals surface area contributed by atoms with Crippen LogP contribution in [0.15, 0.2) is 53.9 Å². The normalized spacial score (nSPS) is 13.3. The molecular formula is C23H21N5O2S. The molecule has 2 aromatic carbocycles. The number of hydrogen-bond donors (Lipinski definition) is 1. The highest BCUT2D eigenvalue weighted by atomic mass is 32.1. The largest absolute Gasteiger partial charge is 0.334 e. The lowest BCUT2D eigenvalue weighted by Gasteiger charge is -2.28. The van der Waals surface area contributed by atoms with Crippen molar-refractivity contribution in [3.05, 3.63) is 75.5 Å². The van der Waals surface area contributed by atoms with Crippen LogP contribution < -0.4 is 5.32 Å². The number of anilines is 1. The topological polar surface area (TPSA) is 80.1 Å². The third-order valence-corrected chi connectivity index (χ3v) is 6.67. The van der Waals surface area contributed by atoms with Crippen molar-refractivity contribution in [2.75, 3.05) is 11.9 Å². The van der Waals surface area contributed by atoms with Gasteiger partial charge in [0.1, 0.15) is 12.1 Å². The Kier molecular flexibility index (Phi) is 4.99. The van der Waals surface area contributed by atoms with Gasteiger partial charge in [-0.2, -0.15) is 0 Å². The summed E-state index contributed by atoms with van der Waals surface area (Å²) in [6, 6.07) is 15.0. The van der Waals surface area contributed by atoms with E-state index in [0.717, 1.165) is 23.0 Å². The van der Waals surface area contributed by atoms with Gasteiger partial charge in [-0.1, -0.05) is 23.4 Å². The molecule has 1 N–H and O–H groups in total. The second-order valence-electron chi connectivity index (χ2n) is 7.61. The molecule has 7 nitrogen and oxygen atoms in total. The molecule has 1 aliphatic rings. The number of fused-ring (bicyclic) bond motifs is 2. The highest BCUT2D eigenvalue weighted by molar-refractivity contribution is 7.10. The van der Waals surface area contributed by atoms with Crippen molar-refractivity contribution in [3.63, 3.8) is 0 Å². The van der Waals surface area contributed by atoms with Crippen LogP contribution in [0.1, 0.15) is 26.4 Å². The van der Waals surface area contributed by atoms with E-state index in [9.17, 15) is 9.59 Å². The van der Waals surface area contributed by atoms with E-state index in [1.165, 1.54) is 10.4 Å². The molecule has 0 unspecified atom stereocenters. The molecule has 0 bridgehead atoms. The van der Waals surface area contributed by atoms with E-state index in [-0.39, 0.29) is 18.4 Å². The molecule has 0 atom stereocenters. The summed E-state index contributed by atoms with van der Waals surface area (Å²) in [5, 5.41) is 13.2. The summed E-state index contributed by atoms with van der Waals surface area (Å²) in [4.78, 5) is 29.1. The minimum atomic E-state index is -0.218. The summed E-state index contributed by atoms with van der Waals surface area (Å²) in [5.41, 5.74) is 4.79. The van der Waals surface area contributed by atoms with Crippen molar-refractivity contribution in [2.24, 2.45) is 0 Å². The maximum atomic E-state index is 13.2. The van der Waals surface area contributed by atoms with Gasteiger partial charge in [0.05, 0.1) is 5.52 Å². The van der Waals surface area contributed by atoms with Crippen LogP contribution in [0.2, 0.25) is 0 Å². The first-order valence-electron chi connectivity index (χ1n) is 10.1. The van der Waals surface area contributed by atoms with E-state index in [4.69, 9.17) is 0 Å². The Morgan fingerprint density at radius 2 is 2.00 bits per heavy atom. The van der Waals surface area contributed by atoms with Crippen molar-refractivity contribution in [1.82, 2.24) is 19.9 Å². The van der Waals surface area contributed by atoms with Gasteiger partial charge in [-0.15, -0.1) is 16.4 Å². The van der Waals surface area contributed by atoms with E-state index in [0.29, 0.717) is 24.3 Å². The molecule has 2 aromatic heterocycles. The number of carbonyl (C=O) groups is 2. The monoisotopic (exact) mass is 431 g/mol. The third-order valence-electron chi connectivity index (χ3n) is 5.65. The summed E-state index contributed by atoms with van der Waals surface area (Å²) in [5.74, 6) is -0.225. The number of amides is 2. The Hall–Kier alpha value is -3.52. The Morgan fingerprint density at radius 1 is 1.13 bits per heavy atom. The van der Waals surface area contributed by atoms with Crippen LogP contribution in [0.3, 0.4) is 0 Å². The van der Waals surface area contributed by atoms with E-state index >= 15 is 0 Å². The molecule has 1 aliphatic heterocycles. The lowest BCUT2D eigenvalue weighted by molar-refractivity contribution is -0.116. The Bertz CT molecular complexity index is 1290. The van der Waals surface area contributed by atoms with Gasteiger partial charge >= 0.3 is 0 Å². The first-order valence-corrected chi connectivity index (χ1v) is 11.0. The molecule has 0 radical (unpaired) electrons. The lowest BCUT2D eigenvalue weighted by atomic mass is 10.0. The number of rotatable bonds is 4. The van der Waals surface area contributed by atoms with Crippen LogP contribution >= 0.6 is 11.3 Å². The first-order chi connectivity index (χ1) is 15.1. The van der Waals surface area contributed by atoms with Crippen LogP contribution in [0.25, 0.3) is 11.0 Å². The van der Waals surface area contributed by atoms with Crippen LogP contribution in [0.4, 0.5) is 5.69 Å². The van der Waals surface area contributed by atoms with Gasteiger partial charge in [0.2, 0.25) is 5.91 Å². The maximum Gasteiger partial charge on any atom is 0.254 e. The van der Waals surface area contributed by atoms with E-state index < -0.39 is 0 Å². The predicted molar refractivity (Wildman–Crippen MR) is 120 cm³/mol. The summed E-state index contributed by atoms with van der Waals surface area (Å²) in [6.45, 7) is 3.26. The molecule has 5 rings (SSSR count). The Balaban J connectivity index is 1.32. The molecule has 4 aromatic rings. The zero-order valence-electron chi connectivity index (χ0n) is 17.0. The van der Waals surface area contributed by atoms with E-state index in [1.54, 1.807) is 22.1 Å². The average molecular weight is 432 g/mol.